The fourth-order valence-corrected chi connectivity index (χ4v) is 2.77. The van der Waals surface area contributed by atoms with Gasteiger partial charge in [0.25, 0.3) is 0 Å². The van der Waals surface area contributed by atoms with Gasteiger partial charge in [-0.3, -0.25) is 0 Å². The van der Waals surface area contributed by atoms with Crippen LogP contribution in [0, 0.1) is 6.92 Å². The van der Waals surface area contributed by atoms with Gasteiger partial charge in [0.15, 0.2) is 0 Å². The van der Waals surface area contributed by atoms with Crippen LogP contribution in [0.1, 0.15) is 25.1 Å². The van der Waals surface area contributed by atoms with E-state index >= 15 is 0 Å². The Labute approximate surface area is 104 Å². The SMILES string of the molecule is CC.Cc1ccc(N2CCCN(C)CC2)s1. The zero-order chi connectivity index (χ0) is 12.0. The van der Waals surface area contributed by atoms with E-state index in [2.05, 4.69) is 35.9 Å². The Morgan fingerprint density at radius 1 is 1.06 bits per heavy atom. The summed E-state index contributed by atoms with van der Waals surface area (Å²) in [7, 11) is 2.21. The molecule has 2 heterocycles. The summed E-state index contributed by atoms with van der Waals surface area (Å²) >= 11 is 1.91. The lowest BCUT2D eigenvalue weighted by Gasteiger charge is -2.20. The van der Waals surface area contributed by atoms with Crippen LogP contribution in [0.4, 0.5) is 5.00 Å². The molecule has 0 radical (unpaired) electrons. The number of hydrogen-bond acceptors (Lipinski definition) is 3. The van der Waals surface area contributed by atoms with Crippen LogP contribution in [-0.2, 0) is 0 Å². The van der Waals surface area contributed by atoms with Crippen molar-refractivity contribution in [1.29, 1.82) is 0 Å². The van der Waals surface area contributed by atoms with E-state index < -0.39 is 0 Å². The molecular formula is C13H24N2S. The number of rotatable bonds is 1. The molecule has 1 aliphatic heterocycles. The van der Waals surface area contributed by atoms with E-state index in [9.17, 15) is 0 Å². The Morgan fingerprint density at radius 3 is 2.44 bits per heavy atom. The molecule has 1 aliphatic rings. The zero-order valence-corrected chi connectivity index (χ0v) is 11.8. The minimum atomic E-state index is 1.18. The summed E-state index contributed by atoms with van der Waals surface area (Å²) in [6.45, 7) is 11.0. The highest BCUT2D eigenvalue weighted by Gasteiger charge is 2.13. The summed E-state index contributed by atoms with van der Waals surface area (Å²) in [5.74, 6) is 0. The molecule has 2 nitrogen and oxygen atoms in total. The van der Waals surface area contributed by atoms with Gasteiger partial charge in [0.05, 0.1) is 5.00 Å². The summed E-state index contributed by atoms with van der Waals surface area (Å²) in [6, 6.07) is 4.47. The van der Waals surface area contributed by atoms with Gasteiger partial charge in [-0.15, -0.1) is 11.3 Å². The zero-order valence-electron chi connectivity index (χ0n) is 11.0. The average molecular weight is 240 g/mol. The second kappa shape index (κ2) is 6.92. The molecule has 1 saturated heterocycles. The normalized spacial score (nSPS) is 17.6. The van der Waals surface area contributed by atoms with Crippen molar-refractivity contribution >= 4 is 16.3 Å². The van der Waals surface area contributed by atoms with Crippen molar-refractivity contribution in [1.82, 2.24) is 4.90 Å². The molecule has 0 saturated carbocycles. The van der Waals surface area contributed by atoms with E-state index in [4.69, 9.17) is 0 Å². The van der Waals surface area contributed by atoms with Crippen LogP contribution in [0.15, 0.2) is 12.1 Å². The van der Waals surface area contributed by atoms with E-state index in [1.807, 2.05) is 25.2 Å². The van der Waals surface area contributed by atoms with Crippen molar-refractivity contribution in [2.24, 2.45) is 0 Å². The van der Waals surface area contributed by atoms with Crippen LogP contribution >= 0.6 is 11.3 Å². The molecule has 2 rings (SSSR count). The Morgan fingerprint density at radius 2 is 1.81 bits per heavy atom. The van der Waals surface area contributed by atoms with Crippen molar-refractivity contribution in [3.8, 4) is 0 Å². The van der Waals surface area contributed by atoms with Crippen molar-refractivity contribution in [3.63, 3.8) is 0 Å². The van der Waals surface area contributed by atoms with Crippen LogP contribution in [0.5, 0.6) is 0 Å². The second-order valence-electron chi connectivity index (χ2n) is 4.03. The quantitative estimate of drug-likeness (QED) is 0.743. The number of nitrogens with zero attached hydrogens (tertiary/aromatic N) is 2. The van der Waals surface area contributed by atoms with E-state index in [1.54, 1.807) is 0 Å². The molecule has 1 aromatic heterocycles. The summed E-state index contributed by atoms with van der Waals surface area (Å²) in [5, 5.41) is 1.44. The monoisotopic (exact) mass is 240 g/mol. The standard InChI is InChI=1S/C11H18N2S.C2H6/c1-10-4-5-11(14-10)13-7-3-6-12(2)8-9-13;1-2/h4-5H,3,6-9H2,1-2H3;1-2H3. The number of hydrogen-bond donors (Lipinski definition) is 0. The fraction of sp³-hybridized carbons (Fsp3) is 0.692. The molecule has 0 spiro atoms. The van der Waals surface area contributed by atoms with E-state index in [-0.39, 0.29) is 0 Å². The van der Waals surface area contributed by atoms with Gasteiger partial charge in [-0.05, 0) is 39.1 Å². The summed E-state index contributed by atoms with van der Waals surface area (Å²) < 4.78 is 0. The van der Waals surface area contributed by atoms with Crippen molar-refractivity contribution in [2.75, 3.05) is 38.1 Å². The number of aryl methyl sites for hydroxylation is 1. The van der Waals surface area contributed by atoms with Gasteiger partial charge in [0, 0.05) is 24.5 Å². The van der Waals surface area contributed by atoms with E-state index in [0.717, 1.165) is 0 Å². The highest BCUT2D eigenvalue weighted by atomic mass is 32.1. The molecule has 0 aromatic carbocycles. The van der Waals surface area contributed by atoms with Gasteiger partial charge >= 0.3 is 0 Å². The van der Waals surface area contributed by atoms with Gasteiger partial charge in [-0.1, -0.05) is 13.8 Å². The number of anilines is 1. The average Bonchev–Trinajstić information content (AvgIpc) is 2.60. The molecular weight excluding hydrogens is 216 g/mol. The predicted molar refractivity (Wildman–Crippen MR) is 74.7 cm³/mol. The highest BCUT2D eigenvalue weighted by Crippen LogP contribution is 2.25. The van der Waals surface area contributed by atoms with Crippen LogP contribution in [-0.4, -0.2) is 38.1 Å². The first-order valence-corrected chi connectivity index (χ1v) is 7.07. The largest absolute Gasteiger partial charge is 0.362 e. The molecule has 0 unspecified atom stereocenters. The molecule has 1 fully saturated rings. The molecule has 16 heavy (non-hydrogen) atoms. The second-order valence-corrected chi connectivity index (χ2v) is 5.29. The minimum Gasteiger partial charge on any atom is -0.362 e. The third kappa shape index (κ3) is 3.80. The van der Waals surface area contributed by atoms with Crippen molar-refractivity contribution in [2.45, 2.75) is 27.2 Å². The molecule has 0 amide bonds. The molecule has 92 valence electrons. The highest BCUT2D eigenvalue weighted by molar-refractivity contribution is 7.16. The Kier molecular flexibility index (Phi) is 5.85. The topological polar surface area (TPSA) is 6.48 Å². The molecule has 3 heteroatoms. The first-order valence-electron chi connectivity index (χ1n) is 6.25. The van der Waals surface area contributed by atoms with Crippen LogP contribution in [0.2, 0.25) is 0 Å². The Hall–Kier alpha value is -0.540. The van der Waals surface area contributed by atoms with E-state index in [1.165, 1.54) is 42.5 Å². The first kappa shape index (κ1) is 13.5. The molecule has 0 atom stereocenters. The Bertz CT molecular complexity index is 296. The number of thiophene rings is 1. The van der Waals surface area contributed by atoms with Crippen LogP contribution < -0.4 is 4.90 Å². The minimum absolute atomic E-state index is 1.18. The molecule has 0 aliphatic carbocycles. The third-order valence-corrected chi connectivity index (χ3v) is 3.82. The summed E-state index contributed by atoms with van der Waals surface area (Å²) in [6.07, 6.45) is 1.29. The van der Waals surface area contributed by atoms with Gasteiger partial charge in [0.1, 0.15) is 0 Å². The van der Waals surface area contributed by atoms with Gasteiger partial charge < -0.3 is 9.80 Å². The van der Waals surface area contributed by atoms with Crippen molar-refractivity contribution < 1.29 is 0 Å². The number of likely N-dealkylation sites (N-methyl/N-ethyl adjacent to an activating group) is 1. The van der Waals surface area contributed by atoms with Gasteiger partial charge in [-0.2, -0.15) is 0 Å². The fourth-order valence-electron chi connectivity index (χ4n) is 1.86. The van der Waals surface area contributed by atoms with Crippen LogP contribution in [0.25, 0.3) is 0 Å². The maximum Gasteiger partial charge on any atom is 0.0911 e. The lowest BCUT2D eigenvalue weighted by Crippen LogP contribution is -2.27. The third-order valence-electron chi connectivity index (χ3n) is 2.76. The predicted octanol–water partition coefficient (Wildman–Crippen LogP) is 3.22. The summed E-state index contributed by atoms with van der Waals surface area (Å²) in [5.41, 5.74) is 0. The first-order chi connectivity index (χ1) is 7.75. The van der Waals surface area contributed by atoms with E-state index in [0.29, 0.717) is 0 Å². The van der Waals surface area contributed by atoms with Gasteiger partial charge in [-0.25, -0.2) is 0 Å². The lowest BCUT2D eigenvalue weighted by molar-refractivity contribution is 0.360. The van der Waals surface area contributed by atoms with Crippen LogP contribution in [0.3, 0.4) is 0 Å². The molecule has 0 N–H and O–H groups in total. The van der Waals surface area contributed by atoms with Gasteiger partial charge in [0.2, 0.25) is 0 Å². The molecule has 1 aromatic rings. The van der Waals surface area contributed by atoms with Crippen molar-refractivity contribution in [3.05, 3.63) is 17.0 Å². The molecule has 0 bridgehead atoms. The maximum atomic E-state index is 2.52. The summed E-state index contributed by atoms with van der Waals surface area (Å²) in [4.78, 5) is 6.35. The maximum absolute atomic E-state index is 2.52. The lowest BCUT2D eigenvalue weighted by atomic mass is 10.4. The smallest absolute Gasteiger partial charge is 0.0911 e. The Balaban J connectivity index is 0.000000606.